The molecule has 1 atom stereocenters. The van der Waals surface area contributed by atoms with Crippen molar-refractivity contribution in [3.05, 3.63) is 83.4 Å². The second kappa shape index (κ2) is 6.04. The number of hydrogen-bond donors (Lipinski definition) is 1. The maximum atomic E-state index is 5.56. The zero-order valence-corrected chi connectivity index (χ0v) is 14.0. The van der Waals surface area contributed by atoms with Gasteiger partial charge in [-0.15, -0.1) is 0 Å². The fourth-order valence-corrected chi connectivity index (χ4v) is 3.49. The van der Waals surface area contributed by atoms with Gasteiger partial charge >= 0.3 is 0 Å². The van der Waals surface area contributed by atoms with E-state index in [9.17, 15) is 0 Å². The van der Waals surface area contributed by atoms with Crippen molar-refractivity contribution in [2.24, 2.45) is 0 Å². The van der Waals surface area contributed by atoms with Crippen molar-refractivity contribution in [1.82, 2.24) is 0 Å². The predicted molar refractivity (Wildman–Crippen MR) is 99.7 cm³/mol. The van der Waals surface area contributed by atoms with Crippen LogP contribution in [0, 0.1) is 6.92 Å². The molecule has 120 valence electrons. The molecule has 0 radical (unpaired) electrons. The molecule has 0 saturated carbocycles. The summed E-state index contributed by atoms with van der Waals surface area (Å²) in [5.41, 5.74) is 7.61. The Hall–Kier alpha value is -2.74. The minimum Gasteiger partial charge on any atom is -0.496 e. The van der Waals surface area contributed by atoms with E-state index >= 15 is 0 Å². The van der Waals surface area contributed by atoms with Crippen LogP contribution < -0.4 is 10.1 Å². The molecule has 1 unspecified atom stereocenters. The van der Waals surface area contributed by atoms with Crippen LogP contribution in [0.4, 0.5) is 5.69 Å². The number of rotatable bonds is 3. The lowest BCUT2D eigenvalue weighted by Gasteiger charge is -2.16. The highest BCUT2D eigenvalue weighted by molar-refractivity contribution is 5.70. The van der Waals surface area contributed by atoms with Crippen molar-refractivity contribution in [2.75, 3.05) is 12.4 Å². The van der Waals surface area contributed by atoms with Gasteiger partial charge in [-0.2, -0.15) is 0 Å². The summed E-state index contributed by atoms with van der Waals surface area (Å²) in [4.78, 5) is 0. The molecule has 0 aromatic heterocycles. The van der Waals surface area contributed by atoms with E-state index in [4.69, 9.17) is 4.74 Å². The van der Waals surface area contributed by atoms with Crippen LogP contribution in [0.15, 0.2) is 66.7 Å². The Kier molecular flexibility index (Phi) is 3.73. The molecule has 24 heavy (non-hydrogen) atoms. The van der Waals surface area contributed by atoms with Gasteiger partial charge in [0.2, 0.25) is 0 Å². The minimum absolute atomic E-state index is 0.265. The molecule has 0 aliphatic carbocycles. The first-order valence-corrected chi connectivity index (χ1v) is 8.34. The number of fused-ring (bicyclic) bond motifs is 1. The zero-order valence-electron chi connectivity index (χ0n) is 14.0. The Morgan fingerprint density at radius 2 is 1.75 bits per heavy atom. The molecule has 4 rings (SSSR count). The van der Waals surface area contributed by atoms with E-state index in [0.29, 0.717) is 0 Å². The molecule has 0 spiro atoms. The minimum atomic E-state index is 0.265. The molecular weight excluding hydrogens is 294 g/mol. The lowest BCUT2D eigenvalue weighted by molar-refractivity contribution is 0.407. The van der Waals surface area contributed by atoms with Gasteiger partial charge in [-0.1, -0.05) is 54.1 Å². The molecule has 1 aliphatic rings. The van der Waals surface area contributed by atoms with Gasteiger partial charge < -0.3 is 10.1 Å². The second-order valence-corrected chi connectivity index (χ2v) is 6.38. The van der Waals surface area contributed by atoms with Gasteiger partial charge in [-0.05, 0) is 48.2 Å². The van der Waals surface area contributed by atoms with Crippen molar-refractivity contribution >= 4 is 5.69 Å². The smallest absolute Gasteiger partial charge is 0.124 e. The molecule has 0 saturated heterocycles. The molecule has 0 fully saturated rings. The second-order valence-electron chi connectivity index (χ2n) is 6.38. The van der Waals surface area contributed by atoms with Gasteiger partial charge in [0, 0.05) is 11.3 Å². The highest BCUT2D eigenvalue weighted by Gasteiger charge is 2.25. The normalized spacial score (nSPS) is 15.7. The monoisotopic (exact) mass is 315 g/mol. The SMILES string of the molecule is COc1ccc(C)cc1C1Cc2cc(-c3ccccc3)ccc2N1. The molecule has 1 aliphatic heterocycles. The van der Waals surface area contributed by atoms with Crippen molar-refractivity contribution in [3.8, 4) is 16.9 Å². The van der Waals surface area contributed by atoms with Crippen LogP contribution in [-0.2, 0) is 6.42 Å². The summed E-state index contributed by atoms with van der Waals surface area (Å²) < 4.78 is 5.56. The maximum absolute atomic E-state index is 5.56. The third-order valence-electron chi connectivity index (χ3n) is 4.73. The third-order valence-corrected chi connectivity index (χ3v) is 4.73. The maximum Gasteiger partial charge on any atom is 0.124 e. The highest BCUT2D eigenvalue weighted by atomic mass is 16.5. The Morgan fingerprint density at radius 3 is 2.54 bits per heavy atom. The van der Waals surface area contributed by atoms with E-state index < -0.39 is 0 Å². The largest absolute Gasteiger partial charge is 0.496 e. The number of hydrogen-bond acceptors (Lipinski definition) is 2. The number of aryl methyl sites for hydroxylation is 1. The van der Waals surface area contributed by atoms with Crippen LogP contribution in [0.1, 0.15) is 22.7 Å². The van der Waals surface area contributed by atoms with Gasteiger partial charge in [0.25, 0.3) is 0 Å². The molecule has 2 heteroatoms. The van der Waals surface area contributed by atoms with Crippen molar-refractivity contribution < 1.29 is 4.74 Å². The molecule has 2 nitrogen and oxygen atoms in total. The number of benzene rings is 3. The summed E-state index contributed by atoms with van der Waals surface area (Å²) in [7, 11) is 1.74. The van der Waals surface area contributed by atoms with Crippen LogP contribution in [0.3, 0.4) is 0 Å². The van der Waals surface area contributed by atoms with Crippen molar-refractivity contribution in [3.63, 3.8) is 0 Å². The predicted octanol–water partition coefficient (Wildman–Crippen LogP) is 5.38. The summed E-state index contributed by atoms with van der Waals surface area (Å²) in [5, 5.41) is 3.65. The van der Waals surface area contributed by atoms with Gasteiger partial charge in [-0.25, -0.2) is 0 Å². The standard InChI is InChI=1S/C22H21NO/c1-15-8-11-22(24-2)19(12-15)21-14-18-13-17(9-10-20(18)23-21)16-6-4-3-5-7-16/h3-13,21,23H,14H2,1-2H3. The number of methoxy groups -OCH3 is 1. The molecule has 1 N–H and O–H groups in total. The highest BCUT2D eigenvalue weighted by Crippen LogP contribution is 2.39. The lowest BCUT2D eigenvalue weighted by Crippen LogP contribution is -2.07. The van der Waals surface area contributed by atoms with E-state index in [-0.39, 0.29) is 6.04 Å². The molecule has 0 amide bonds. The first-order chi connectivity index (χ1) is 11.7. The van der Waals surface area contributed by atoms with Crippen LogP contribution >= 0.6 is 0 Å². The van der Waals surface area contributed by atoms with Gasteiger partial charge in [-0.3, -0.25) is 0 Å². The van der Waals surface area contributed by atoms with Crippen molar-refractivity contribution in [1.29, 1.82) is 0 Å². The van der Waals surface area contributed by atoms with E-state index in [2.05, 4.69) is 79.0 Å². The zero-order chi connectivity index (χ0) is 16.5. The molecule has 0 bridgehead atoms. The van der Waals surface area contributed by atoms with Crippen LogP contribution in [0.2, 0.25) is 0 Å². The Bertz CT molecular complexity index is 870. The van der Waals surface area contributed by atoms with E-state index in [1.165, 1.54) is 33.5 Å². The Labute approximate surface area is 143 Å². The third kappa shape index (κ3) is 2.65. The summed E-state index contributed by atoms with van der Waals surface area (Å²) in [6.45, 7) is 2.12. The number of nitrogens with one attached hydrogen (secondary N) is 1. The first kappa shape index (κ1) is 14.8. The average Bonchev–Trinajstić information content (AvgIpc) is 3.05. The van der Waals surface area contributed by atoms with Crippen LogP contribution in [0.5, 0.6) is 5.75 Å². The average molecular weight is 315 g/mol. The quantitative estimate of drug-likeness (QED) is 0.700. The number of ether oxygens (including phenoxy) is 1. The molecule has 3 aromatic rings. The Morgan fingerprint density at radius 1 is 0.917 bits per heavy atom. The van der Waals surface area contributed by atoms with E-state index in [1.807, 2.05) is 0 Å². The molecular formula is C22H21NO. The first-order valence-electron chi connectivity index (χ1n) is 8.34. The van der Waals surface area contributed by atoms with Crippen LogP contribution in [-0.4, -0.2) is 7.11 Å². The summed E-state index contributed by atoms with van der Waals surface area (Å²) in [6, 6.07) is 23.9. The van der Waals surface area contributed by atoms with E-state index in [0.717, 1.165) is 12.2 Å². The van der Waals surface area contributed by atoms with Gasteiger partial charge in [0.05, 0.1) is 13.2 Å². The van der Waals surface area contributed by atoms with Crippen LogP contribution in [0.25, 0.3) is 11.1 Å². The van der Waals surface area contributed by atoms with Gasteiger partial charge in [0.1, 0.15) is 5.75 Å². The fourth-order valence-electron chi connectivity index (χ4n) is 3.49. The Balaban J connectivity index is 1.66. The fraction of sp³-hybridized carbons (Fsp3) is 0.182. The topological polar surface area (TPSA) is 21.3 Å². The summed E-state index contributed by atoms with van der Waals surface area (Å²) in [5.74, 6) is 0.953. The van der Waals surface area contributed by atoms with Gasteiger partial charge in [0.15, 0.2) is 0 Å². The number of anilines is 1. The molecule has 3 aromatic carbocycles. The van der Waals surface area contributed by atoms with Crippen molar-refractivity contribution in [2.45, 2.75) is 19.4 Å². The lowest BCUT2D eigenvalue weighted by atomic mass is 9.98. The summed E-state index contributed by atoms with van der Waals surface area (Å²) in [6.07, 6.45) is 0.982. The van der Waals surface area contributed by atoms with E-state index in [1.54, 1.807) is 7.11 Å². The summed E-state index contributed by atoms with van der Waals surface area (Å²) >= 11 is 0. The molecule has 1 heterocycles.